The minimum Gasteiger partial charge on any atom is -0.461 e. The molecule has 0 bridgehead atoms. The summed E-state index contributed by atoms with van der Waals surface area (Å²) in [5.74, 6) is -1.26. The lowest BCUT2D eigenvalue weighted by molar-refractivity contribution is -0.384. The van der Waals surface area contributed by atoms with Crippen molar-refractivity contribution >= 4 is 11.7 Å². The largest absolute Gasteiger partial charge is 0.461 e. The molecular formula is C19H22N4O4. The van der Waals surface area contributed by atoms with Crippen molar-refractivity contribution in [2.45, 2.75) is 19.8 Å². The van der Waals surface area contributed by atoms with Gasteiger partial charge in [0.05, 0.1) is 28.1 Å². The molecule has 0 saturated heterocycles. The normalized spacial score (nSPS) is 16.8. The Hall–Kier alpha value is -3.18. The van der Waals surface area contributed by atoms with Gasteiger partial charge in [-0.25, -0.2) is 4.79 Å². The number of hydrogen-bond donors (Lipinski definition) is 1. The zero-order valence-corrected chi connectivity index (χ0v) is 15.8. The van der Waals surface area contributed by atoms with Crippen LogP contribution in [0.5, 0.6) is 0 Å². The SMILES string of the molecule is CC1=C(C#N)C(c2cccc([N+](=O)[O-])c2)C(C(=O)OCCN(C)C)=C(C)N1. The number of nitriles is 1. The van der Waals surface area contributed by atoms with Crippen LogP contribution in [0.15, 0.2) is 46.8 Å². The number of nitrogens with zero attached hydrogens (tertiary/aromatic N) is 3. The van der Waals surface area contributed by atoms with Crippen molar-refractivity contribution in [1.82, 2.24) is 10.2 Å². The standard InChI is InChI=1S/C19H22N4O4/c1-12-16(11-20)18(14-6-5-7-15(10-14)23(25)26)17(13(2)21-12)19(24)27-9-8-22(3)4/h5-7,10,18,21H,8-9H2,1-4H3. The fourth-order valence-corrected chi connectivity index (χ4v) is 2.96. The van der Waals surface area contributed by atoms with Gasteiger partial charge in [-0.15, -0.1) is 0 Å². The van der Waals surface area contributed by atoms with Crippen molar-refractivity contribution in [3.05, 3.63) is 62.5 Å². The van der Waals surface area contributed by atoms with Crippen molar-refractivity contribution in [3.8, 4) is 6.07 Å². The van der Waals surface area contributed by atoms with Crippen molar-refractivity contribution in [3.63, 3.8) is 0 Å². The average molecular weight is 370 g/mol. The molecular weight excluding hydrogens is 348 g/mol. The van der Waals surface area contributed by atoms with Crippen molar-refractivity contribution < 1.29 is 14.5 Å². The van der Waals surface area contributed by atoms with Gasteiger partial charge < -0.3 is 15.0 Å². The van der Waals surface area contributed by atoms with Crippen LogP contribution in [-0.4, -0.2) is 43.0 Å². The number of nitro benzene ring substituents is 1. The number of dihydropyridines is 1. The third kappa shape index (κ3) is 4.51. The van der Waals surface area contributed by atoms with E-state index >= 15 is 0 Å². The van der Waals surface area contributed by atoms with Gasteiger partial charge in [-0.3, -0.25) is 10.1 Å². The maximum Gasteiger partial charge on any atom is 0.336 e. The number of allylic oxidation sites excluding steroid dienone is 3. The number of carbonyl (C=O) groups excluding carboxylic acids is 1. The van der Waals surface area contributed by atoms with Gasteiger partial charge in [-0.2, -0.15) is 5.26 Å². The molecule has 0 saturated carbocycles. The Kier molecular flexibility index (Phi) is 6.32. The first-order valence-corrected chi connectivity index (χ1v) is 8.41. The number of benzene rings is 1. The maximum atomic E-state index is 12.8. The third-order valence-corrected chi connectivity index (χ3v) is 4.29. The predicted octanol–water partition coefficient (Wildman–Crippen LogP) is 2.46. The number of ether oxygens (including phenoxy) is 1. The van der Waals surface area contributed by atoms with E-state index in [4.69, 9.17) is 4.74 Å². The average Bonchev–Trinajstić information content (AvgIpc) is 2.60. The zero-order valence-electron chi connectivity index (χ0n) is 15.8. The highest BCUT2D eigenvalue weighted by atomic mass is 16.6. The number of rotatable bonds is 6. The van der Waals surface area contributed by atoms with E-state index in [0.29, 0.717) is 29.1 Å². The van der Waals surface area contributed by atoms with Gasteiger partial charge in [0, 0.05) is 30.1 Å². The highest BCUT2D eigenvalue weighted by Gasteiger charge is 2.34. The van der Waals surface area contributed by atoms with E-state index in [9.17, 15) is 20.2 Å². The van der Waals surface area contributed by atoms with E-state index in [2.05, 4.69) is 11.4 Å². The van der Waals surface area contributed by atoms with Gasteiger partial charge in [0.1, 0.15) is 6.61 Å². The van der Waals surface area contributed by atoms with E-state index < -0.39 is 16.8 Å². The fraction of sp³-hybridized carbons (Fsp3) is 0.368. The summed E-state index contributed by atoms with van der Waals surface area (Å²) in [6.07, 6.45) is 0. The molecule has 1 unspecified atom stereocenters. The summed E-state index contributed by atoms with van der Waals surface area (Å²) in [5, 5.41) is 23.8. The number of carbonyl (C=O) groups is 1. The molecule has 1 aliphatic rings. The number of esters is 1. The first kappa shape index (κ1) is 20.1. The minimum absolute atomic E-state index is 0.0982. The summed E-state index contributed by atoms with van der Waals surface area (Å²) >= 11 is 0. The van der Waals surface area contributed by atoms with Gasteiger partial charge in [0.2, 0.25) is 0 Å². The summed E-state index contributed by atoms with van der Waals surface area (Å²) in [5.41, 5.74) is 2.20. The van der Waals surface area contributed by atoms with Crippen molar-refractivity contribution in [2.75, 3.05) is 27.2 Å². The number of hydrogen-bond acceptors (Lipinski definition) is 7. The first-order chi connectivity index (χ1) is 12.8. The Labute approximate surface area is 157 Å². The summed E-state index contributed by atoms with van der Waals surface area (Å²) in [7, 11) is 3.73. The van der Waals surface area contributed by atoms with Crippen LogP contribution in [0.4, 0.5) is 5.69 Å². The molecule has 0 aliphatic carbocycles. The molecule has 8 heteroatoms. The molecule has 27 heavy (non-hydrogen) atoms. The Morgan fingerprint density at radius 2 is 2.07 bits per heavy atom. The minimum atomic E-state index is -0.719. The summed E-state index contributed by atoms with van der Waals surface area (Å²) < 4.78 is 5.38. The van der Waals surface area contributed by atoms with E-state index in [1.807, 2.05) is 19.0 Å². The first-order valence-electron chi connectivity index (χ1n) is 8.41. The van der Waals surface area contributed by atoms with Gasteiger partial charge in [-0.1, -0.05) is 12.1 Å². The monoisotopic (exact) mass is 370 g/mol. The van der Waals surface area contributed by atoms with Crippen LogP contribution < -0.4 is 5.32 Å². The molecule has 0 aromatic heterocycles. The van der Waals surface area contributed by atoms with Gasteiger partial charge >= 0.3 is 5.97 Å². The molecule has 1 heterocycles. The molecule has 8 nitrogen and oxygen atoms in total. The van der Waals surface area contributed by atoms with E-state index in [1.54, 1.807) is 26.0 Å². The molecule has 1 aliphatic heterocycles. The molecule has 0 spiro atoms. The second-order valence-electron chi connectivity index (χ2n) is 6.54. The Bertz CT molecular complexity index is 865. The number of likely N-dealkylation sites (N-methyl/N-ethyl adjacent to an activating group) is 1. The lowest BCUT2D eigenvalue weighted by atomic mass is 9.81. The van der Waals surface area contributed by atoms with E-state index in [0.717, 1.165) is 0 Å². The van der Waals surface area contributed by atoms with Crippen LogP contribution in [0.25, 0.3) is 0 Å². The van der Waals surface area contributed by atoms with E-state index in [1.165, 1.54) is 12.1 Å². The highest BCUT2D eigenvalue weighted by molar-refractivity contribution is 5.93. The highest BCUT2D eigenvalue weighted by Crippen LogP contribution is 2.39. The molecule has 0 amide bonds. The predicted molar refractivity (Wildman–Crippen MR) is 99.5 cm³/mol. The molecule has 1 N–H and O–H groups in total. The maximum absolute atomic E-state index is 12.8. The summed E-state index contributed by atoms with van der Waals surface area (Å²) in [4.78, 5) is 25.3. The fourth-order valence-electron chi connectivity index (χ4n) is 2.96. The summed E-state index contributed by atoms with van der Waals surface area (Å²) in [6.45, 7) is 4.23. The van der Waals surface area contributed by atoms with Crippen LogP contribution in [0.1, 0.15) is 25.3 Å². The van der Waals surface area contributed by atoms with Crippen LogP contribution in [0, 0.1) is 21.4 Å². The van der Waals surface area contributed by atoms with Gasteiger partial charge in [0.15, 0.2) is 0 Å². The van der Waals surface area contributed by atoms with E-state index in [-0.39, 0.29) is 17.9 Å². The number of nitrogens with one attached hydrogen (secondary N) is 1. The van der Waals surface area contributed by atoms with Gasteiger partial charge in [-0.05, 0) is 33.5 Å². The second kappa shape index (κ2) is 8.47. The van der Waals surface area contributed by atoms with Crippen LogP contribution >= 0.6 is 0 Å². The lowest BCUT2D eigenvalue weighted by Gasteiger charge is -2.28. The Morgan fingerprint density at radius 3 is 2.67 bits per heavy atom. The Morgan fingerprint density at radius 1 is 1.37 bits per heavy atom. The zero-order chi connectivity index (χ0) is 20.1. The molecule has 0 fully saturated rings. The Balaban J connectivity index is 2.48. The lowest BCUT2D eigenvalue weighted by Crippen LogP contribution is -2.30. The second-order valence-corrected chi connectivity index (χ2v) is 6.54. The van der Waals surface area contributed by atoms with Crippen LogP contribution in [0.3, 0.4) is 0 Å². The smallest absolute Gasteiger partial charge is 0.336 e. The van der Waals surface area contributed by atoms with Crippen LogP contribution in [0.2, 0.25) is 0 Å². The van der Waals surface area contributed by atoms with Crippen molar-refractivity contribution in [1.29, 1.82) is 5.26 Å². The molecule has 142 valence electrons. The van der Waals surface area contributed by atoms with Gasteiger partial charge in [0.25, 0.3) is 5.69 Å². The molecule has 1 atom stereocenters. The third-order valence-electron chi connectivity index (χ3n) is 4.29. The molecule has 2 rings (SSSR count). The van der Waals surface area contributed by atoms with Crippen molar-refractivity contribution in [2.24, 2.45) is 0 Å². The topological polar surface area (TPSA) is 108 Å². The molecule has 0 radical (unpaired) electrons. The van der Waals surface area contributed by atoms with Crippen LogP contribution in [-0.2, 0) is 9.53 Å². The summed E-state index contributed by atoms with van der Waals surface area (Å²) in [6, 6.07) is 8.11. The quantitative estimate of drug-likeness (QED) is 0.465. The number of non-ortho nitro benzene ring substituents is 1. The molecule has 1 aromatic rings. The molecule has 1 aromatic carbocycles. The number of nitro groups is 1.